The minimum atomic E-state index is -2.66. The molecule has 0 amide bonds. The van der Waals surface area contributed by atoms with Crippen LogP contribution in [0.2, 0.25) is 0 Å². The Bertz CT molecular complexity index is 1400. The number of benzene rings is 2. The van der Waals surface area contributed by atoms with Gasteiger partial charge in [0.15, 0.2) is 0 Å². The predicted octanol–water partition coefficient (Wildman–Crippen LogP) is 4.45. The van der Waals surface area contributed by atoms with Gasteiger partial charge < -0.3 is 25.4 Å². The molecule has 3 heterocycles. The number of nitrogens with zero attached hydrogens (tertiary/aromatic N) is 5. The number of para-hydroxylation sites is 1. The van der Waals surface area contributed by atoms with Gasteiger partial charge in [0.25, 0.3) is 0 Å². The van der Waals surface area contributed by atoms with Crippen LogP contribution in [0.1, 0.15) is 6.55 Å². The number of rotatable bonds is 9. The van der Waals surface area contributed by atoms with Gasteiger partial charge in [-0.3, -0.25) is 9.47 Å². The molecule has 9 nitrogen and oxygen atoms in total. The first kappa shape index (κ1) is 25.7. The number of ether oxygens (including phenoxy) is 2. The van der Waals surface area contributed by atoms with E-state index in [1.807, 2.05) is 6.07 Å². The van der Waals surface area contributed by atoms with Crippen molar-refractivity contribution in [3.8, 4) is 22.8 Å². The number of halogens is 2. The smallest absolute Gasteiger partial charge is 0.319 e. The van der Waals surface area contributed by atoms with Crippen LogP contribution in [-0.4, -0.2) is 77.8 Å². The van der Waals surface area contributed by atoms with Gasteiger partial charge in [0.05, 0.1) is 29.7 Å². The summed E-state index contributed by atoms with van der Waals surface area (Å²) in [4.78, 5) is 13.6. The summed E-state index contributed by atoms with van der Waals surface area (Å²) >= 11 is 0. The van der Waals surface area contributed by atoms with Crippen molar-refractivity contribution in [2.75, 3.05) is 64.5 Å². The lowest BCUT2D eigenvalue weighted by atomic mass is 10.1. The Kier molecular flexibility index (Phi) is 7.57. The van der Waals surface area contributed by atoms with Crippen molar-refractivity contribution < 1.29 is 18.3 Å². The first-order valence-corrected chi connectivity index (χ1v) is 12.4. The molecule has 0 radical (unpaired) electrons. The summed E-state index contributed by atoms with van der Waals surface area (Å²) in [5.74, 6) is 1.32. The lowest BCUT2D eigenvalue weighted by molar-refractivity contribution is 0.0753. The molecule has 0 bridgehead atoms. The number of nitrogens with one attached hydrogen (secondary N) is 1. The van der Waals surface area contributed by atoms with Crippen LogP contribution >= 0.6 is 0 Å². The molecule has 1 aliphatic heterocycles. The summed E-state index contributed by atoms with van der Waals surface area (Å²) in [5.41, 5.74) is 8.83. The SMILES string of the molecule is COc1cc(OCCN2CCN(C)CC2)c(N)cc1Nc1nccc(-c2cn(C(F)F)c3ccccc23)n1. The van der Waals surface area contributed by atoms with Gasteiger partial charge in [-0.05, 0) is 25.2 Å². The molecular formula is C27H31F2N7O2. The number of piperazine rings is 1. The highest BCUT2D eigenvalue weighted by atomic mass is 19.3. The molecule has 0 aliphatic carbocycles. The van der Waals surface area contributed by atoms with Crippen molar-refractivity contribution in [1.82, 2.24) is 24.3 Å². The average molecular weight is 524 g/mol. The number of hydrogen-bond acceptors (Lipinski definition) is 8. The molecule has 3 N–H and O–H groups in total. The highest BCUT2D eigenvalue weighted by Gasteiger charge is 2.18. The number of nitrogens with two attached hydrogens (primary N) is 1. The highest BCUT2D eigenvalue weighted by Crippen LogP contribution is 2.37. The number of fused-ring (bicyclic) bond motifs is 1. The molecule has 200 valence electrons. The van der Waals surface area contributed by atoms with Crippen molar-refractivity contribution in [2.45, 2.75) is 6.55 Å². The van der Waals surface area contributed by atoms with Gasteiger partial charge >= 0.3 is 6.55 Å². The van der Waals surface area contributed by atoms with Crippen molar-refractivity contribution in [3.63, 3.8) is 0 Å². The molecule has 1 aliphatic rings. The first-order valence-electron chi connectivity index (χ1n) is 12.4. The van der Waals surface area contributed by atoms with Crippen LogP contribution in [0.5, 0.6) is 11.5 Å². The maximum Gasteiger partial charge on any atom is 0.319 e. The van der Waals surface area contributed by atoms with E-state index >= 15 is 0 Å². The second kappa shape index (κ2) is 11.2. The largest absolute Gasteiger partial charge is 0.494 e. The fourth-order valence-corrected chi connectivity index (χ4v) is 4.59. The second-order valence-electron chi connectivity index (χ2n) is 9.22. The maximum absolute atomic E-state index is 13.6. The number of hydrogen-bond donors (Lipinski definition) is 2. The Balaban J connectivity index is 1.33. The number of alkyl halides is 2. The molecule has 5 rings (SSSR count). The van der Waals surface area contributed by atoms with Crippen molar-refractivity contribution in [2.24, 2.45) is 0 Å². The summed E-state index contributed by atoms with van der Waals surface area (Å²) in [7, 11) is 3.69. The topological polar surface area (TPSA) is 93.7 Å². The lowest BCUT2D eigenvalue weighted by Crippen LogP contribution is -2.45. The van der Waals surface area contributed by atoms with E-state index in [4.69, 9.17) is 15.2 Å². The third-order valence-corrected chi connectivity index (χ3v) is 6.72. The Hall–Kier alpha value is -3.96. The quantitative estimate of drug-likeness (QED) is 0.311. The van der Waals surface area contributed by atoms with Crippen LogP contribution in [0.4, 0.5) is 26.1 Å². The van der Waals surface area contributed by atoms with E-state index in [1.54, 1.807) is 49.7 Å². The van der Waals surface area contributed by atoms with Gasteiger partial charge in [-0.2, -0.15) is 8.78 Å². The van der Waals surface area contributed by atoms with E-state index in [0.29, 0.717) is 51.6 Å². The van der Waals surface area contributed by atoms with Crippen molar-refractivity contribution >= 4 is 28.2 Å². The van der Waals surface area contributed by atoms with Crippen LogP contribution in [0.15, 0.2) is 54.9 Å². The number of nitrogen functional groups attached to an aromatic ring is 1. The highest BCUT2D eigenvalue weighted by molar-refractivity contribution is 5.95. The van der Waals surface area contributed by atoms with Crippen LogP contribution in [0.3, 0.4) is 0 Å². The van der Waals surface area contributed by atoms with Crippen LogP contribution in [0, 0.1) is 0 Å². The van der Waals surface area contributed by atoms with Gasteiger partial charge in [-0.1, -0.05) is 18.2 Å². The summed E-state index contributed by atoms with van der Waals surface area (Å²) in [5, 5.41) is 3.82. The fraction of sp³-hybridized carbons (Fsp3) is 0.333. The monoisotopic (exact) mass is 523 g/mol. The van der Waals surface area contributed by atoms with Crippen LogP contribution < -0.4 is 20.5 Å². The zero-order chi connectivity index (χ0) is 26.6. The van der Waals surface area contributed by atoms with Gasteiger partial charge in [0.1, 0.15) is 18.1 Å². The fourth-order valence-electron chi connectivity index (χ4n) is 4.59. The minimum absolute atomic E-state index is 0.276. The lowest BCUT2D eigenvalue weighted by Gasteiger charge is -2.32. The van der Waals surface area contributed by atoms with E-state index in [9.17, 15) is 8.78 Å². The average Bonchev–Trinajstić information content (AvgIpc) is 3.31. The van der Waals surface area contributed by atoms with E-state index in [1.165, 1.54) is 6.20 Å². The summed E-state index contributed by atoms with van der Waals surface area (Å²) in [6.07, 6.45) is 2.99. The van der Waals surface area contributed by atoms with Crippen LogP contribution in [0.25, 0.3) is 22.2 Å². The Morgan fingerprint density at radius 1 is 1.08 bits per heavy atom. The van der Waals surface area contributed by atoms with E-state index in [-0.39, 0.29) is 5.95 Å². The Labute approximate surface area is 219 Å². The molecule has 2 aromatic heterocycles. The van der Waals surface area contributed by atoms with Crippen LogP contribution in [-0.2, 0) is 0 Å². The molecule has 11 heteroatoms. The summed E-state index contributed by atoms with van der Waals surface area (Å²) < 4.78 is 39.7. The molecule has 0 saturated carbocycles. The molecule has 0 unspecified atom stereocenters. The molecule has 38 heavy (non-hydrogen) atoms. The normalized spacial score (nSPS) is 14.8. The van der Waals surface area contributed by atoms with E-state index in [2.05, 4.69) is 32.1 Å². The zero-order valence-corrected chi connectivity index (χ0v) is 21.4. The third-order valence-electron chi connectivity index (χ3n) is 6.72. The standard InChI is InChI=1S/C27H31F2N7O2/c1-34-9-11-35(12-10-34)13-14-38-24-16-25(37-2)22(15-20(24)30)33-27-31-8-7-21(32-27)19-17-36(26(28)29)23-6-4-3-5-18(19)23/h3-8,15-17,26H,9-14,30H2,1-2H3,(H,31,32,33). The molecule has 0 spiro atoms. The summed E-state index contributed by atoms with van der Waals surface area (Å²) in [6, 6.07) is 12.1. The third kappa shape index (κ3) is 5.48. The van der Waals surface area contributed by atoms with E-state index in [0.717, 1.165) is 37.3 Å². The van der Waals surface area contributed by atoms with Gasteiger partial charge in [0, 0.05) is 62.1 Å². The Morgan fingerprint density at radius 3 is 2.63 bits per heavy atom. The van der Waals surface area contributed by atoms with E-state index < -0.39 is 6.55 Å². The zero-order valence-electron chi connectivity index (χ0n) is 21.4. The maximum atomic E-state index is 13.6. The number of likely N-dealkylation sites (N-methyl/N-ethyl adjacent to an activating group) is 1. The second-order valence-corrected chi connectivity index (χ2v) is 9.22. The molecular weight excluding hydrogens is 492 g/mol. The molecule has 2 aromatic carbocycles. The predicted molar refractivity (Wildman–Crippen MR) is 144 cm³/mol. The minimum Gasteiger partial charge on any atom is -0.494 e. The number of aromatic nitrogens is 3. The molecule has 0 atom stereocenters. The first-order chi connectivity index (χ1) is 18.4. The van der Waals surface area contributed by atoms with Gasteiger partial charge in [0.2, 0.25) is 5.95 Å². The molecule has 1 fully saturated rings. The van der Waals surface area contributed by atoms with Crippen molar-refractivity contribution in [3.05, 3.63) is 54.9 Å². The molecule has 1 saturated heterocycles. The summed E-state index contributed by atoms with van der Waals surface area (Å²) in [6.45, 7) is 2.80. The number of anilines is 3. The van der Waals surface area contributed by atoms with Gasteiger partial charge in [-0.15, -0.1) is 0 Å². The van der Waals surface area contributed by atoms with Gasteiger partial charge in [-0.25, -0.2) is 9.97 Å². The number of methoxy groups -OCH3 is 1. The van der Waals surface area contributed by atoms with Crippen molar-refractivity contribution in [1.29, 1.82) is 0 Å². The Morgan fingerprint density at radius 2 is 1.87 bits per heavy atom. The molecule has 4 aromatic rings.